The molecule has 0 saturated heterocycles. The Balaban J connectivity index is 1.39. The number of carbonyl (C=O) groups is 2. The molecule has 4 rings (SSSR count). The Morgan fingerprint density at radius 1 is 1.13 bits per heavy atom. The molecule has 2 aromatic carbocycles. The van der Waals surface area contributed by atoms with Crippen LogP contribution in [0.25, 0.3) is 11.1 Å². The van der Waals surface area contributed by atoms with E-state index in [1.807, 2.05) is 0 Å². The number of aromatic nitrogens is 3. The Hall–Kier alpha value is -3.91. The van der Waals surface area contributed by atoms with E-state index in [1.54, 1.807) is 17.0 Å². The van der Waals surface area contributed by atoms with Gasteiger partial charge in [-0.15, -0.1) is 21.5 Å². The Morgan fingerprint density at radius 2 is 1.87 bits per heavy atom. The van der Waals surface area contributed by atoms with Gasteiger partial charge in [0, 0.05) is 18.0 Å². The summed E-state index contributed by atoms with van der Waals surface area (Å²) in [5.74, 6) is -1.22. The van der Waals surface area contributed by atoms with Crippen LogP contribution in [0.5, 0.6) is 5.75 Å². The summed E-state index contributed by atoms with van der Waals surface area (Å²) in [5.41, 5.74) is 0.404. The highest BCUT2D eigenvalue weighted by atomic mass is 32.2. The molecule has 0 saturated carbocycles. The topological polar surface area (TPSA) is 95.3 Å². The first-order chi connectivity index (χ1) is 18.6. The third-order valence-corrected chi connectivity index (χ3v) is 7.29. The molecule has 39 heavy (non-hydrogen) atoms. The van der Waals surface area contributed by atoms with E-state index in [1.165, 1.54) is 43.5 Å². The van der Waals surface area contributed by atoms with Crippen molar-refractivity contribution in [2.24, 2.45) is 7.05 Å². The van der Waals surface area contributed by atoms with E-state index < -0.39 is 29.4 Å². The molecule has 0 bridgehead atoms. The first-order valence-electron chi connectivity index (χ1n) is 11.1. The van der Waals surface area contributed by atoms with E-state index >= 15 is 0 Å². The van der Waals surface area contributed by atoms with Crippen molar-refractivity contribution in [1.82, 2.24) is 14.8 Å². The van der Waals surface area contributed by atoms with E-state index in [4.69, 9.17) is 9.47 Å². The Morgan fingerprint density at radius 3 is 2.56 bits per heavy atom. The highest BCUT2D eigenvalue weighted by Gasteiger charge is 2.30. The molecule has 2 aromatic heterocycles. The fraction of sp³-hybridized carbons (Fsp3) is 0.200. The van der Waals surface area contributed by atoms with Gasteiger partial charge in [-0.3, -0.25) is 4.79 Å². The van der Waals surface area contributed by atoms with Gasteiger partial charge in [0.25, 0.3) is 0 Å². The number of esters is 1. The van der Waals surface area contributed by atoms with E-state index in [0.29, 0.717) is 22.1 Å². The number of hydrogen-bond donors (Lipinski definition) is 1. The Labute approximate surface area is 228 Å². The SMILES string of the molecule is COC(=O)c1c(-c2ccc(F)cc2)csc1NC(=O)CSc1nnc(COc2cccc(C(F)(F)F)c2)n1C. The van der Waals surface area contributed by atoms with Crippen LogP contribution in [-0.2, 0) is 29.4 Å². The molecule has 0 fully saturated rings. The second-order valence-electron chi connectivity index (χ2n) is 7.96. The largest absolute Gasteiger partial charge is 0.486 e. The third-order valence-electron chi connectivity index (χ3n) is 5.38. The second-order valence-corrected chi connectivity index (χ2v) is 9.78. The van der Waals surface area contributed by atoms with Gasteiger partial charge in [-0.2, -0.15) is 13.2 Å². The standard InChI is InChI=1S/C25H20F4N4O4S2/c1-33-19(11-37-17-5-3-4-15(10-17)25(27,28)29)31-32-24(33)39-13-20(34)30-22-21(23(35)36-2)18(12-38-22)14-6-8-16(26)9-7-14/h3-10,12H,11,13H2,1-2H3,(H,30,34). The molecule has 0 unspecified atom stereocenters. The van der Waals surface area contributed by atoms with E-state index in [0.717, 1.165) is 35.2 Å². The number of carbonyl (C=O) groups excluding carboxylic acids is 2. The number of halogens is 4. The lowest BCUT2D eigenvalue weighted by Crippen LogP contribution is -2.16. The van der Waals surface area contributed by atoms with Crippen LogP contribution in [0.4, 0.5) is 22.6 Å². The van der Waals surface area contributed by atoms with Crippen molar-refractivity contribution < 1.29 is 36.6 Å². The first-order valence-corrected chi connectivity index (χ1v) is 13.0. The van der Waals surface area contributed by atoms with Crippen molar-refractivity contribution in [3.63, 3.8) is 0 Å². The zero-order valence-corrected chi connectivity index (χ0v) is 22.0. The predicted octanol–water partition coefficient (Wildman–Crippen LogP) is 5.80. The quantitative estimate of drug-likeness (QED) is 0.152. The van der Waals surface area contributed by atoms with Crippen LogP contribution in [0.1, 0.15) is 21.7 Å². The maximum atomic E-state index is 13.3. The lowest BCUT2D eigenvalue weighted by Gasteiger charge is -2.10. The maximum Gasteiger partial charge on any atom is 0.416 e. The van der Waals surface area contributed by atoms with Crippen molar-refractivity contribution in [2.75, 3.05) is 18.2 Å². The van der Waals surface area contributed by atoms with Gasteiger partial charge in [-0.25, -0.2) is 9.18 Å². The van der Waals surface area contributed by atoms with E-state index in [-0.39, 0.29) is 28.7 Å². The van der Waals surface area contributed by atoms with Gasteiger partial charge >= 0.3 is 12.1 Å². The molecule has 204 valence electrons. The molecule has 14 heteroatoms. The third kappa shape index (κ3) is 6.75. The number of hydrogen-bond acceptors (Lipinski definition) is 8. The molecule has 0 spiro atoms. The average molecular weight is 581 g/mol. The molecule has 0 atom stereocenters. The minimum Gasteiger partial charge on any atom is -0.486 e. The van der Waals surface area contributed by atoms with Gasteiger partial charge < -0.3 is 19.4 Å². The Bertz CT molecular complexity index is 1490. The number of ether oxygens (including phenoxy) is 2. The summed E-state index contributed by atoms with van der Waals surface area (Å²) in [7, 11) is 2.85. The number of thiophene rings is 1. The summed E-state index contributed by atoms with van der Waals surface area (Å²) in [6.07, 6.45) is -4.49. The Kier molecular flexibility index (Phi) is 8.55. The zero-order chi connectivity index (χ0) is 28.2. The van der Waals surface area contributed by atoms with Crippen molar-refractivity contribution in [1.29, 1.82) is 0 Å². The second kappa shape index (κ2) is 11.9. The van der Waals surface area contributed by atoms with Crippen molar-refractivity contribution in [3.05, 3.63) is 76.7 Å². The number of anilines is 1. The molecule has 8 nitrogen and oxygen atoms in total. The van der Waals surface area contributed by atoms with E-state index in [9.17, 15) is 27.2 Å². The first kappa shape index (κ1) is 28.1. The average Bonchev–Trinajstić information content (AvgIpc) is 3.48. The van der Waals surface area contributed by atoms with Crippen molar-refractivity contribution in [2.45, 2.75) is 17.9 Å². The summed E-state index contributed by atoms with van der Waals surface area (Å²) < 4.78 is 63.9. The van der Waals surface area contributed by atoms with Crippen LogP contribution >= 0.6 is 23.1 Å². The molecule has 0 aliphatic carbocycles. The van der Waals surface area contributed by atoms with Crippen LogP contribution in [-0.4, -0.2) is 39.5 Å². The summed E-state index contributed by atoms with van der Waals surface area (Å²) >= 11 is 2.19. The van der Waals surface area contributed by atoms with E-state index in [2.05, 4.69) is 15.5 Å². The van der Waals surface area contributed by atoms with Crippen LogP contribution < -0.4 is 10.1 Å². The maximum absolute atomic E-state index is 13.3. The number of nitrogens with one attached hydrogen (secondary N) is 1. The smallest absolute Gasteiger partial charge is 0.416 e. The molecule has 4 aromatic rings. The number of nitrogens with zero attached hydrogens (tertiary/aromatic N) is 3. The van der Waals surface area contributed by atoms with Gasteiger partial charge in [0.05, 0.1) is 18.4 Å². The van der Waals surface area contributed by atoms with Crippen LogP contribution in [0, 0.1) is 5.82 Å². The predicted molar refractivity (Wildman–Crippen MR) is 137 cm³/mol. The lowest BCUT2D eigenvalue weighted by atomic mass is 10.0. The number of rotatable bonds is 9. The normalized spacial score (nSPS) is 11.3. The highest BCUT2D eigenvalue weighted by molar-refractivity contribution is 7.99. The van der Waals surface area contributed by atoms with Crippen molar-refractivity contribution in [3.8, 4) is 16.9 Å². The summed E-state index contributed by atoms with van der Waals surface area (Å²) in [4.78, 5) is 25.1. The number of thioether (sulfide) groups is 1. The molecule has 0 aliphatic heterocycles. The molecule has 2 heterocycles. The summed E-state index contributed by atoms with van der Waals surface area (Å²) in [6.45, 7) is -0.137. The van der Waals surface area contributed by atoms with Crippen LogP contribution in [0.2, 0.25) is 0 Å². The molecular weight excluding hydrogens is 560 g/mol. The van der Waals surface area contributed by atoms with Gasteiger partial charge in [-0.05, 0) is 35.9 Å². The fourth-order valence-electron chi connectivity index (χ4n) is 3.40. The minimum atomic E-state index is -4.49. The lowest BCUT2D eigenvalue weighted by molar-refractivity contribution is -0.137. The number of methoxy groups -OCH3 is 1. The molecule has 1 N–H and O–H groups in total. The fourth-order valence-corrected chi connectivity index (χ4v) is 5.10. The minimum absolute atomic E-state index is 0.0266. The monoisotopic (exact) mass is 580 g/mol. The van der Waals surface area contributed by atoms with Crippen molar-refractivity contribution >= 4 is 40.0 Å². The van der Waals surface area contributed by atoms with Crippen LogP contribution in [0.15, 0.2) is 59.1 Å². The molecule has 1 amide bonds. The van der Waals surface area contributed by atoms with Gasteiger partial charge in [0.2, 0.25) is 5.91 Å². The molecule has 0 radical (unpaired) electrons. The van der Waals surface area contributed by atoms with Gasteiger partial charge in [-0.1, -0.05) is 30.0 Å². The zero-order valence-electron chi connectivity index (χ0n) is 20.4. The van der Waals surface area contributed by atoms with Gasteiger partial charge in [0.1, 0.15) is 28.7 Å². The number of benzene rings is 2. The van der Waals surface area contributed by atoms with Gasteiger partial charge in [0.15, 0.2) is 11.0 Å². The molecular formula is C25H20F4N4O4S2. The van der Waals surface area contributed by atoms with Crippen LogP contribution in [0.3, 0.4) is 0 Å². The molecule has 0 aliphatic rings. The number of amides is 1. The number of alkyl halides is 3. The summed E-state index contributed by atoms with van der Waals surface area (Å²) in [5, 5.41) is 13.0. The summed E-state index contributed by atoms with van der Waals surface area (Å²) in [6, 6.07) is 10.1. The highest BCUT2D eigenvalue weighted by Crippen LogP contribution is 2.36.